The van der Waals surface area contributed by atoms with Crippen LogP contribution in [-0.4, -0.2) is 15.6 Å². The molecule has 16 heavy (non-hydrogen) atoms. The third-order valence-electron chi connectivity index (χ3n) is 3.35. The lowest BCUT2D eigenvalue weighted by Crippen LogP contribution is -2.32. The minimum atomic E-state index is -0.955. The van der Waals surface area contributed by atoms with Crippen LogP contribution in [0.1, 0.15) is 46.9 Å². The zero-order chi connectivity index (χ0) is 11.9. The summed E-state index contributed by atoms with van der Waals surface area (Å²) in [5.41, 5.74) is 1.32. The van der Waals surface area contributed by atoms with E-state index in [0.29, 0.717) is 11.3 Å². The Morgan fingerprint density at radius 1 is 1.44 bits per heavy atom. The van der Waals surface area contributed by atoms with Crippen LogP contribution in [0.25, 0.3) is 0 Å². The molecule has 1 aromatic heterocycles. The Balaban J connectivity index is 2.64. The van der Waals surface area contributed by atoms with Gasteiger partial charge in [0, 0.05) is 17.8 Å². The highest BCUT2D eigenvalue weighted by Crippen LogP contribution is 2.32. The van der Waals surface area contributed by atoms with E-state index in [9.17, 15) is 9.59 Å². The Labute approximate surface area is 93.5 Å². The van der Waals surface area contributed by atoms with Crippen molar-refractivity contribution in [3.05, 3.63) is 33.2 Å². The molecule has 1 aromatic rings. The van der Waals surface area contributed by atoms with Gasteiger partial charge in [-0.3, -0.25) is 4.79 Å². The number of aromatic nitrogens is 1. The van der Waals surface area contributed by atoms with Crippen molar-refractivity contribution in [2.75, 3.05) is 0 Å². The second-order valence-corrected chi connectivity index (χ2v) is 4.39. The van der Waals surface area contributed by atoms with Gasteiger partial charge in [0.05, 0.1) is 5.56 Å². The Bertz CT molecular complexity index is 498. The summed E-state index contributed by atoms with van der Waals surface area (Å²) in [5, 5.41) is 9.12. The number of carbonyl (C=O) groups is 1. The maximum Gasteiger partial charge on any atom is 0.337 e. The summed E-state index contributed by atoms with van der Waals surface area (Å²) in [5.74, 6) is -0.955. The molecule has 0 bridgehead atoms. The quantitative estimate of drug-likeness (QED) is 0.829. The molecule has 1 aliphatic rings. The van der Waals surface area contributed by atoms with E-state index in [-0.39, 0.29) is 17.2 Å². The van der Waals surface area contributed by atoms with Crippen LogP contribution in [0.3, 0.4) is 0 Å². The van der Waals surface area contributed by atoms with Crippen LogP contribution in [0.4, 0.5) is 0 Å². The lowest BCUT2D eigenvalue weighted by molar-refractivity contribution is 0.0693. The normalized spacial score (nSPS) is 15.9. The number of aromatic carboxylic acids is 1. The summed E-state index contributed by atoms with van der Waals surface area (Å²) in [7, 11) is 0. The maximum absolute atomic E-state index is 11.8. The average molecular weight is 221 g/mol. The van der Waals surface area contributed by atoms with Gasteiger partial charge in [0.25, 0.3) is 5.56 Å². The molecule has 0 atom stereocenters. The van der Waals surface area contributed by atoms with Crippen LogP contribution in [0.5, 0.6) is 0 Å². The zero-order valence-electron chi connectivity index (χ0n) is 9.49. The second-order valence-electron chi connectivity index (χ2n) is 4.39. The molecule has 0 amide bonds. The SMILES string of the molecule is Cc1cc(=O)n(C2CCC2)c(C)c1C(=O)O. The number of carboxylic acid groups (broad SMARTS) is 1. The molecule has 1 saturated carbocycles. The molecule has 1 heterocycles. The topological polar surface area (TPSA) is 59.3 Å². The van der Waals surface area contributed by atoms with E-state index in [1.54, 1.807) is 18.4 Å². The molecule has 2 rings (SSSR count). The standard InChI is InChI=1S/C12H15NO3/c1-7-6-10(14)13(9-4-3-5-9)8(2)11(7)12(15)16/h6,9H,3-5H2,1-2H3,(H,15,16). The predicted molar refractivity (Wildman–Crippen MR) is 60.0 cm³/mol. The molecule has 0 spiro atoms. The largest absolute Gasteiger partial charge is 0.478 e. The predicted octanol–water partition coefficient (Wildman–Crippen LogP) is 1.89. The van der Waals surface area contributed by atoms with Crippen molar-refractivity contribution in [2.45, 2.75) is 39.2 Å². The molecule has 0 radical (unpaired) electrons. The van der Waals surface area contributed by atoms with E-state index in [1.165, 1.54) is 6.07 Å². The minimum Gasteiger partial charge on any atom is -0.478 e. The number of aryl methyl sites for hydroxylation is 1. The first kappa shape index (κ1) is 10.9. The van der Waals surface area contributed by atoms with Crippen LogP contribution in [-0.2, 0) is 0 Å². The summed E-state index contributed by atoms with van der Waals surface area (Å²) >= 11 is 0. The van der Waals surface area contributed by atoms with Crippen molar-refractivity contribution in [3.8, 4) is 0 Å². The van der Waals surface area contributed by atoms with E-state index in [1.807, 2.05) is 0 Å². The molecule has 0 aliphatic heterocycles. The monoisotopic (exact) mass is 221 g/mol. The smallest absolute Gasteiger partial charge is 0.337 e. The van der Waals surface area contributed by atoms with Gasteiger partial charge in [0.2, 0.25) is 0 Å². The first-order chi connectivity index (χ1) is 7.52. The van der Waals surface area contributed by atoms with Gasteiger partial charge in [-0.2, -0.15) is 0 Å². The number of carboxylic acids is 1. The highest BCUT2D eigenvalue weighted by molar-refractivity contribution is 5.90. The molecule has 1 aliphatic carbocycles. The van der Waals surface area contributed by atoms with Crippen molar-refractivity contribution in [1.29, 1.82) is 0 Å². The van der Waals surface area contributed by atoms with Crippen LogP contribution < -0.4 is 5.56 Å². The lowest BCUT2D eigenvalue weighted by atomic mass is 9.91. The van der Waals surface area contributed by atoms with Crippen molar-refractivity contribution < 1.29 is 9.90 Å². The zero-order valence-corrected chi connectivity index (χ0v) is 9.49. The van der Waals surface area contributed by atoms with E-state index in [4.69, 9.17) is 5.11 Å². The van der Waals surface area contributed by atoms with Crippen molar-refractivity contribution in [1.82, 2.24) is 4.57 Å². The lowest BCUT2D eigenvalue weighted by Gasteiger charge is -2.30. The Hall–Kier alpha value is -1.58. The first-order valence-electron chi connectivity index (χ1n) is 5.48. The highest BCUT2D eigenvalue weighted by atomic mass is 16.4. The van der Waals surface area contributed by atoms with Crippen LogP contribution >= 0.6 is 0 Å². The van der Waals surface area contributed by atoms with Gasteiger partial charge in [-0.25, -0.2) is 4.79 Å². The molecule has 4 heteroatoms. The van der Waals surface area contributed by atoms with E-state index in [0.717, 1.165) is 19.3 Å². The molecule has 0 unspecified atom stereocenters. The fraction of sp³-hybridized carbons (Fsp3) is 0.500. The van der Waals surface area contributed by atoms with Gasteiger partial charge in [0.1, 0.15) is 0 Å². The fourth-order valence-electron chi connectivity index (χ4n) is 2.32. The Kier molecular flexibility index (Phi) is 2.58. The van der Waals surface area contributed by atoms with Crippen molar-refractivity contribution in [3.63, 3.8) is 0 Å². The van der Waals surface area contributed by atoms with Crippen molar-refractivity contribution >= 4 is 5.97 Å². The Morgan fingerprint density at radius 2 is 2.06 bits per heavy atom. The Morgan fingerprint density at radius 3 is 2.50 bits per heavy atom. The number of hydrogen-bond donors (Lipinski definition) is 1. The summed E-state index contributed by atoms with van der Waals surface area (Å²) in [6.07, 6.45) is 3.07. The number of rotatable bonds is 2. The molecule has 0 aromatic carbocycles. The van der Waals surface area contributed by atoms with Gasteiger partial charge < -0.3 is 9.67 Å². The molecule has 0 saturated heterocycles. The molecule has 1 fully saturated rings. The van der Waals surface area contributed by atoms with Crippen molar-refractivity contribution in [2.24, 2.45) is 0 Å². The van der Waals surface area contributed by atoms with Crippen LogP contribution in [0, 0.1) is 13.8 Å². The van der Waals surface area contributed by atoms with Gasteiger partial charge in [-0.15, -0.1) is 0 Å². The van der Waals surface area contributed by atoms with Gasteiger partial charge in [0.15, 0.2) is 0 Å². The summed E-state index contributed by atoms with van der Waals surface area (Å²) in [6.45, 7) is 3.39. The number of hydrogen-bond acceptors (Lipinski definition) is 2. The van der Waals surface area contributed by atoms with Gasteiger partial charge in [-0.05, 0) is 38.7 Å². The van der Waals surface area contributed by atoms with Crippen LogP contribution in [0.2, 0.25) is 0 Å². The van der Waals surface area contributed by atoms with Crippen LogP contribution in [0.15, 0.2) is 10.9 Å². The second kappa shape index (κ2) is 3.77. The highest BCUT2D eigenvalue weighted by Gasteiger charge is 2.25. The molecule has 4 nitrogen and oxygen atoms in total. The molecular formula is C12H15NO3. The van der Waals surface area contributed by atoms with Gasteiger partial charge in [-0.1, -0.05) is 0 Å². The summed E-state index contributed by atoms with van der Waals surface area (Å²) in [6, 6.07) is 1.63. The first-order valence-corrected chi connectivity index (χ1v) is 5.48. The minimum absolute atomic E-state index is 0.0790. The maximum atomic E-state index is 11.8. The third kappa shape index (κ3) is 1.54. The van der Waals surface area contributed by atoms with E-state index >= 15 is 0 Å². The summed E-state index contributed by atoms with van der Waals surface area (Å²) in [4.78, 5) is 23.0. The molecule has 86 valence electrons. The number of pyridine rings is 1. The van der Waals surface area contributed by atoms with E-state index in [2.05, 4.69) is 0 Å². The average Bonchev–Trinajstić information content (AvgIpc) is 2.07. The van der Waals surface area contributed by atoms with E-state index < -0.39 is 5.97 Å². The molecule has 1 N–H and O–H groups in total. The number of nitrogens with zero attached hydrogens (tertiary/aromatic N) is 1. The fourth-order valence-corrected chi connectivity index (χ4v) is 2.32. The third-order valence-corrected chi connectivity index (χ3v) is 3.35. The summed E-state index contributed by atoms with van der Waals surface area (Å²) < 4.78 is 1.64. The van der Waals surface area contributed by atoms with Gasteiger partial charge >= 0.3 is 5.97 Å². The molecular weight excluding hydrogens is 206 g/mol.